The van der Waals surface area contributed by atoms with E-state index in [2.05, 4.69) is 10.6 Å². The topological polar surface area (TPSA) is 58.2 Å². The van der Waals surface area contributed by atoms with Crippen LogP contribution in [0.25, 0.3) is 0 Å². The number of benzene rings is 1. The highest BCUT2D eigenvalue weighted by molar-refractivity contribution is 7.12. The van der Waals surface area contributed by atoms with E-state index >= 15 is 0 Å². The van der Waals surface area contributed by atoms with Crippen LogP contribution in [-0.4, -0.2) is 18.4 Å². The number of halogens is 4. The number of thiophene rings is 1. The molecular weight excluding hydrogens is 353 g/mol. The van der Waals surface area contributed by atoms with Crippen molar-refractivity contribution in [1.82, 2.24) is 5.32 Å². The van der Waals surface area contributed by atoms with Crippen molar-refractivity contribution in [2.24, 2.45) is 0 Å². The number of hydrogen-bond donors (Lipinski definition) is 2. The summed E-state index contributed by atoms with van der Waals surface area (Å²) in [5, 5.41) is 5.90. The zero-order valence-corrected chi connectivity index (χ0v) is 13.0. The van der Waals surface area contributed by atoms with Gasteiger partial charge in [-0.25, -0.2) is 0 Å². The smallest absolute Gasteiger partial charge is 0.342 e. The van der Waals surface area contributed by atoms with Crippen LogP contribution >= 0.6 is 22.9 Å². The van der Waals surface area contributed by atoms with E-state index in [0.717, 1.165) is 12.1 Å². The molecule has 0 unspecified atom stereocenters. The van der Waals surface area contributed by atoms with Gasteiger partial charge in [0.25, 0.3) is 5.91 Å². The minimum absolute atomic E-state index is 0.0582. The van der Waals surface area contributed by atoms with Gasteiger partial charge in [0.1, 0.15) is 0 Å². The van der Waals surface area contributed by atoms with E-state index in [0.29, 0.717) is 4.88 Å². The summed E-state index contributed by atoms with van der Waals surface area (Å²) in [5.74, 6) is -1.08. The molecule has 23 heavy (non-hydrogen) atoms. The van der Waals surface area contributed by atoms with Crippen LogP contribution in [-0.2, 0) is 11.0 Å². The van der Waals surface area contributed by atoms with E-state index in [9.17, 15) is 22.8 Å². The third kappa shape index (κ3) is 4.70. The van der Waals surface area contributed by atoms with Crippen LogP contribution in [0.3, 0.4) is 0 Å². The summed E-state index contributed by atoms with van der Waals surface area (Å²) in [6.45, 7) is -0.360. The van der Waals surface area contributed by atoms with Gasteiger partial charge in [-0.3, -0.25) is 9.59 Å². The van der Waals surface area contributed by atoms with Crippen molar-refractivity contribution in [3.8, 4) is 0 Å². The van der Waals surface area contributed by atoms with Crippen LogP contribution in [0.4, 0.5) is 18.9 Å². The zero-order chi connectivity index (χ0) is 17.0. The molecule has 0 fully saturated rings. The Labute approximate surface area is 138 Å². The molecule has 122 valence electrons. The van der Waals surface area contributed by atoms with Gasteiger partial charge in [0.2, 0.25) is 5.91 Å². The maximum Gasteiger partial charge on any atom is 0.417 e. The van der Waals surface area contributed by atoms with Crippen LogP contribution in [0.5, 0.6) is 0 Å². The van der Waals surface area contributed by atoms with Crippen LogP contribution in [0, 0.1) is 0 Å². The van der Waals surface area contributed by atoms with E-state index in [1.54, 1.807) is 17.5 Å². The summed E-state index contributed by atoms with van der Waals surface area (Å²) in [4.78, 5) is 23.8. The lowest BCUT2D eigenvalue weighted by Gasteiger charge is -2.12. The summed E-state index contributed by atoms with van der Waals surface area (Å²) < 4.78 is 38.2. The predicted octanol–water partition coefficient (Wildman–Crippen LogP) is 3.79. The highest BCUT2D eigenvalue weighted by atomic mass is 35.5. The monoisotopic (exact) mass is 362 g/mol. The Morgan fingerprint density at radius 3 is 2.57 bits per heavy atom. The minimum Gasteiger partial charge on any atom is -0.342 e. The first kappa shape index (κ1) is 17.3. The molecular formula is C14H10ClF3N2O2S. The second-order valence-corrected chi connectivity index (χ2v) is 5.76. The summed E-state index contributed by atoms with van der Waals surface area (Å²) in [6.07, 6.45) is -4.62. The van der Waals surface area contributed by atoms with Crippen LogP contribution in [0.15, 0.2) is 35.7 Å². The van der Waals surface area contributed by atoms with Gasteiger partial charge in [0.05, 0.1) is 22.0 Å². The SMILES string of the molecule is O=C(CNC(=O)c1cccs1)Nc1ccc(Cl)c(C(F)(F)F)c1. The molecule has 0 atom stereocenters. The molecule has 9 heteroatoms. The largest absolute Gasteiger partial charge is 0.417 e. The van der Waals surface area contributed by atoms with Crippen LogP contribution in [0.2, 0.25) is 5.02 Å². The summed E-state index contributed by atoms with van der Waals surface area (Å²) in [7, 11) is 0. The van der Waals surface area contributed by atoms with E-state index in [1.807, 2.05) is 0 Å². The lowest BCUT2D eigenvalue weighted by atomic mass is 10.2. The molecule has 2 aromatic rings. The molecule has 0 spiro atoms. The molecule has 2 N–H and O–H groups in total. The quantitative estimate of drug-likeness (QED) is 0.869. The Hall–Kier alpha value is -2.06. The van der Waals surface area contributed by atoms with Crippen molar-refractivity contribution in [2.75, 3.05) is 11.9 Å². The number of carbonyl (C=O) groups excluding carboxylic acids is 2. The number of rotatable bonds is 4. The molecule has 0 saturated heterocycles. The molecule has 2 rings (SSSR count). The molecule has 0 bridgehead atoms. The van der Waals surface area contributed by atoms with Crippen molar-refractivity contribution in [3.63, 3.8) is 0 Å². The highest BCUT2D eigenvalue weighted by Crippen LogP contribution is 2.36. The normalized spacial score (nSPS) is 11.1. The molecule has 0 aliphatic carbocycles. The molecule has 0 aliphatic heterocycles. The predicted molar refractivity (Wildman–Crippen MR) is 81.7 cm³/mol. The van der Waals surface area contributed by atoms with E-state index in [4.69, 9.17) is 11.6 Å². The Balaban J connectivity index is 1.97. The fourth-order valence-corrected chi connectivity index (χ4v) is 2.55. The Morgan fingerprint density at radius 1 is 1.22 bits per heavy atom. The van der Waals surface area contributed by atoms with Crippen LogP contribution in [0.1, 0.15) is 15.2 Å². The maximum atomic E-state index is 12.7. The second kappa shape index (κ2) is 7.01. The standard InChI is InChI=1S/C14H10ClF3N2O2S/c15-10-4-3-8(6-9(10)14(16,17)18)20-12(21)7-19-13(22)11-2-1-5-23-11/h1-6H,7H2,(H,19,22)(H,20,21). The van der Waals surface area contributed by atoms with Crippen molar-refractivity contribution in [3.05, 3.63) is 51.2 Å². The van der Waals surface area contributed by atoms with Crippen molar-refractivity contribution in [1.29, 1.82) is 0 Å². The molecule has 1 aromatic carbocycles. The van der Waals surface area contributed by atoms with Gasteiger partial charge < -0.3 is 10.6 Å². The lowest BCUT2D eigenvalue weighted by Crippen LogP contribution is -2.32. The lowest BCUT2D eigenvalue weighted by molar-refractivity contribution is -0.137. The Bertz CT molecular complexity index is 717. The Kier molecular flexibility index (Phi) is 5.27. The van der Waals surface area contributed by atoms with Crippen molar-refractivity contribution < 1.29 is 22.8 Å². The van der Waals surface area contributed by atoms with Crippen molar-refractivity contribution in [2.45, 2.75) is 6.18 Å². The van der Waals surface area contributed by atoms with Gasteiger partial charge in [-0.05, 0) is 29.6 Å². The number of hydrogen-bond acceptors (Lipinski definition) is 3. The summed E-state index contributed by atoms with van der Waals surface area (Å²) >= 11 is 6.70. The first-order chi connectivity index (χ1) is 10.8. The number of alkyl halides is 3. The van der Waals surface area contributed by atoms with Gasteiger partial charge in [-0.2, -0.15) is 13.2 Å². The van der Waals surface area contributed by atoms with Gasteiger partial charge in [0.15, 0.2) is 0 Å². The number of amides is 2. The molecule has 2 amide bonds. The average molecular weight is 363 g/mol. The molecule has 0 saturated carbocycles. The molecule has 0 aliphatic rings. The second-order valence-electron chi connectivity index (χ2n) is 4.40. The van der Waals surface area contributed by atoms with Gasteiger partial charge in [-0.1, -0.05) is 17.7 Å². The first-order valence-electron chi connectivity index (χ1n) is 6.25. The number of carbonyl (C=O) groups is 2. The Morgan fingerprint density at radius 2 is 1.96 bits per heavy atom. The first-order valence-corrected chi connectivity index (χ1v) is 7.51. The zero-order valence-electron chi connectivity index (χ0n) is 11.4. The number of anilines is 1. The highest BCUT2D eigenvalue weighted by Gasteiger charge is 2.33. The fourth-order valence-electron chi connectivity index (χ4n) is 1.68. The minimum atomic E-state index is -4.62. The van der Waals surface area contributed by atoms with Gasteiger partial charge in [-0.15, -0.1) is 11.3 Å². The summed E-state index contributed by atoms with van der Waals surface area (Å²) in [5.41, 5.74) is -1.10. The summed E-state index contributed by atoms with van der Waals surface area (Å²) in [6, 6.07) is 6.31. The third-order valence-corrected chi connectivity index (χ3v) is 3.91. The third-order valence-electron chi connectivity index (χ3n) is 2.71. The molecule has 1 heterocycles. The van der Waals surface area contributed by atoms with Gasteiger partial charge in [0, 0.05) is 5.69 Å². The van der Waals surface area contributed by atoms with Crippen molar-refractivity contribution >= 4 is 40.4 Å². The average Bonchev–Trinajstić information content (AvgIpc) is 3.00. The molecule has 0 radical (unpaired) electrons. The van der Waals surface area contributed by atoms with Gasteiger partial charge >= 0.3 is 6.18 Å². The number of nitrogens with one attached hydrogen (secondary N) is 2. The maximum absolute atomic E-state index is 12.7. The molecule has 1 aromatic heterocycles. The van der Waals surface area contributed by atoms with Crippen LogP contribution < -0.4 is 10.6 Å². The van der Waals surface area contributed by atoms with E-state index in [-0.39, 0.29) is 12.2 Å². The molecule has 4 nitrogen and oxygen atoms in total. The van der Waals surface area contributed by atoms with E-state index < -0.39 is 28.6 Å². The fraction of sp³-hybridized carbons (Fsp3) is 0.143. The van der Waals surface area contributed by atoms with E-state index in [1.165, 1.54) is 17.4 Å².